The number of ether oxygens (including phenoxy) is 9. The van der Waals surface area contributed by atoms with E-state index in [0.717, 1.165) is 41.5 Å². The molecule has 1 aromatic carbocycles. The van der Waals surface area contributed by atoms with Crippen molar-refractivity contribution < 1.29 is 86.1 Å². The molecule has 12 atom stereocenters. The Balaban J connectivity index is 1.79. The van der Waals surface area contributed by atoms with Crippen molar-refractivity contribution in [3.63, 3.8) is 0 Å². The Labute approximate surface area is 355 Å². The zero-order valence-corrected chi connectivity index (χ0v) is 35.4. The average molecular weight is 868 g/mol. The molecule has 0 radical (unpaired) electrons. The SMILES string of the molecule is CC(=O)OC[C@@]12[C@H](OC(=O)c3ccccc3)[C@@H](OC(C)=O)[C@H]3OC(=O)[C@@H](C)CCc4ncccc4C(=O)OC[C@]4(C)O[C@]1([C@H](OC(C)=O)[C@@H]4[C@H](OC(C)=O)[C@H]2OC(C)=O)[C@]3(C)O. The largest absolute Gasteiger partial charge is 0.465 e. The smallest absolute Gasteiger partial charge is 0.340 e. The van der Waals surface area contributed by atoms with Gasteiger partial charge < -0.3 is 47.7 Å². The second-order valence-electron chi connectivity index (χ2n) is 16.4. The van der Waals surface area contributed by atoms with Crippen LogP contribution in [0.25, 0.3) is 0 Å². The Bertz CT molecular complexity index is 2140. The van der Waals surface area contributed by atoms with Gasteiger partial charge in [0.1, 0.15) is 42.0 Å². The molecular weight excluding hydrogens is 818 g/mol. The molecular formula is C43H49NO18. The van der Waals surface area contributed by atoms with Crippen molar-refractivity contribution in [3.8, 4) is 0 Å². The molecule has 2 aliphatic carbocycles. The number of nitrogens with zero attached hydrogens (tertiary/aromatic N) is 1. The molecule has 1 spiro atoms. The molecule has 3 heterocycles. The van der Waals surface area contributed by atoms with Crippen LogP contribution in [0, 0.1) is 17.3 Å². The topological polar surface area (TPSA) is 253 Å². The molecule has 4 bridgehead atoms. The molecule has 4 aliphatic rings. The highest BCUT2D eigenvalue weighted by molar-refractivity contribution is 5.91. The number of carbonyl (C=O) groups excluding carboxylic acids is 8. The average Bonchev–Trinajstić information content (AvgIpc) is 3.41. The van der Waals surface area contributed by atoms with Crippen molar-refractivity contribution in [1.82, 2.24) is 4.98 Å². The Kier molecular flexibility index (Phi) is 12.6. The summed E-state index contributed by atoms with van der Waals surface area (Å²) in [5.41, 5.74) is -10.2. The maximum absolute atomic E-state index is 14.4. The van der Waals surface area contributed by atoms with Crippen LogP contribution < -0.4 is 0 Å². The number of carbonyl (C=O) groups is 8. The van der Waals surface area contributed by atoms with Crippen LogP contribution >= 0.6 is 0 Å². The summed E-state index contributed by atoms with van der Waals surface area (Å²) in [6.07, 6.45) is -10.6. The van der Waals surface area contributed by atoms with Gasteiger partial charge in [0.25, 0.3) is 0 Å². The summed E-state index contributed by atoms with van der Waals surface area (Å²) in [5.74, 6) is -10.7. The normalized spacial score (nSPS) is 35.0. The number of benzene rings is 1. The third-order valence-electron chi connectivity index (χ3n) is 12.1. The molecule has 2 aliphatic heterocycles. The summed E-state index contributed by atoms with van der Waals surface area (Å²) in [5, 5.41) is 13.6. The second-order valence-corrected chi connectivity index (χ2v) is 16.4. The highest BCUT2D eigenvalue weighted by Crippen LogP contribution is 2.70. The maximum Gasteiger partial charge on any atom is 0.340 e. The standard InChI is InChI=1S/C43H49NO18/c1-21-16-17-29-28(15-12-18-44-29)39(52)55-19-40(7)30-31(56-23(3)46)35(59-26(6)49)42(20-54-22(2)45)36(61-38(51)27-13-10-9-11-14-27)32(57-24(4)47)34(60-37(21)50)41(8,53)43(42,62-40)33(30)58-25(5)48/h9-15,18,21,30-36,53H,16-17,19-20H2,1-8H3/t21-,30-,31-,32-,33+,34+,35+,36+,40-,41+,42+,43+/m0/s1. The lowest BCUT2D eigenvalue weighted by atomic mass is 9.45. The number of pyridine rings is 1. The summed E-state index contributed by atoms with van der Waals surface area (Å²) in [6, 6.07) is 10.4. The quantitative estimate of drug-likeness (QED) is 0.295. The van der Waals surface area contributed by atoms with Gasteiger partial charge in [-0.15, -0.1) is 0 Å². The summed E-state index contributed by atoms with van der Waals surface area (Å²) < 4.78 is 55.4. The number of rotatable bonds is 8. The highest BCUT2D eigenvalue weighted by Gasteiger charge is 2.92. The summed E-state index contributed by atoms with van der Waals surface area (Å²) in [7, 11) is 0. The number of aromatic nitrogens is 1. The third-order valence-corrected chi connectivity index (χ3v) is 12.1. The van der Waals surface area contributed by atoms with Gasteiger partial charge in [-0.25, -0.2) is 9.59 Å². The van der Waals surface area contributed by atoms with Crippen molar-refractivity contribution in [2.45, 2.75) is 122 Å². The first kappa shape index (κ1) is 45.6. The molecule has 0 amide bonds. The number of fused-ring (bicyclic) bond motifs is 5. The zero-order valence-electron chi connectivity index (χ0n) is 35.4. The Morgan fingerprint density at radius 2 is 1.37 bits per heavy atom. The van der Waals surface area contributed by atoms with Crippen molar-refractivity contribution in [2.24, 2.45) is 17.3 Å². The van der Waals surface area contributed by atoms with Gasteiger partial charge in [0.2, 0.25) is 0 Å². The second kappa shape index (κ2) is 17.1. The van der Waals surface area contributed by atoms with E-state index in [1.807, 2.05) is 0 Å². The van der Waals surface area contributed by atoms with Crippen LogP contribution in [-0.4, -0.2) is 124 Å². The third kappa shape index (κ3) is 7.76. The Hall–Kier alpha value is -5.95. The number of hydrogen-bond donors (Lipinski definition) is 1. The van der Waals surface area contributed by atoms with E-state index in [1.165, 1.54) is 56.4 Å². The molecule has 19 heteroatoms. The molecule has 1 saturated heterocycles. The molecule has 2 aromatic rings. The number of aliphatic hydroxyl groups is 1. The number of esters is 8. The van der Waals surface area contributed by atoms with Crippen LogP contribution in [0.1, 0.15) is 88.2 Å². The minimum Gasteiger partial charge on any atom is -0.465 e. The Morgan fingerprint density at radius 1 is 0.774 bits per heavy atom. The van der Waals surface area contributed by atoms with Gasteiger partial charge in [-0.05, 0) is 51.0 Å². The molecule has 1 N–H and O–H groups in total. The van der Waals surface area contributed by atoms with Crippen LogP contribution in [0.15, 0.2) is 48.7 Å². The number of hydrogen-bond acceptors (Lipinski definition) is 19. The van der Waals surface area contributed by atoms with Gasteiger partial charge in [-0.1, -0.05) is 25.1 Å². The van der Waals surface area contributed by atoms with Gasteiger partial charge >= 0.3 is 47.8 Å². The van der Waals surface area contributed by atoms with Crippen LogP contribution in [0.4, 0.5) is 0 Å². The van der Waals surface area contributed by atoms with Crippen LogP contribution in [0.5, 0.6) is 0 Å². The predicted octanol–water partition coefficient (Wildman–Crippen LogP) is 2.16. The van der Waals surface area contributed by atoms with Crippen molar-refractivity contribution in [1.29, 1.82) is 0 Å². The number of aryl methyl sites for hydroxylation is 1. The fourth-order valence-corrected chi connectivity index (χ4v) is 9.74. The van der Waals surface area contributed by atoms with E-state index in [9.17, 15) is 43.5 Å². The first-order valence-corrected chi connectivity index (χ1v) is 19.9. The fraction of sp³-hybridized carbons (Fsp3) is 0.558. The molecule has 6 rings (SSSR count). The van der Waals surface area contributed by atoms with Crippen LogP contribution in [-0.2, 0) is 77.8 Å². The Morgan fingerprint density at radius 3 is 1.98 bits per heavy atom. The minimum absolute atomic E-state index is 0.0225. The van der Waals surface area contributed by atoms with Crippen molar-refractivity contribution >= 4 is 47.8 Å². The van der Waals surface area contributed by atoms with E-state index in [0.29, 0.717) is 0 Å². The van der Waals surface area contributed by atoms with E-state index < -0.39 is 132 Å². The van der Waals surface area contributed by atoms with Gasteiger partial charge in [-0.3, -0.25) is 33.8 Å². The van der Waals surface area contributed by atoms with Crippen LogP contribution in [0.2, 0.25) is 0 Å². The van der Waals surface area contributed by atoms with E-state index in [4.69, 9.17) is 42.6 Å². The summed E-state index contributed by atoms with van der Waals surface area (Å²) in [6.45, 7) is 7.17. The van der Waals surface area contributed by atoms with E-state index >= 15 is 0 Å². The predicted molar refractivity (Wildman–Crippen MR) is 205 cm³/mol. The molecule has 2 saturated carbocycles. The molecule has 0 unspecified atom stereocenters. The molecule has 1 aromatic heterocycles. The van der Waals surface area contributed by atoms with Gasteiger partial charge in [0.15, 0.2) is 30.0 Å². The van der Waals surface area contributed by atoms with Crippen molar-refractivity contribution in [3.05, 3.63) is 65.5 Å². The van der Waals surface area contributed by atoms with E-state index in [-0.39, 0.29) is 29.7 Å². The fourth-order valence-electron chi connectivity index (χ4n) is 9.74. The molecule has 62 heavy (non-hydrogen) atoms. The zero-order chi connectivity index (χ0) is 45.5. The molecule has 334 valence electrons. The van der Waals surface area contributed by atoms with Gasteiger partial charge in [-0.2, -0.15) is 0 Å². The minimum atomic E-state index is -2.84. The first-order chi connectivity index (χ1) is 29.1. The summed E-state index contributed by atoms with van der Waals surface area (Å²) >= 11 is 0. The molecule has 19 nitrogen and oxygen atoms in total. The number of cyclic esters (lactones) is 1. The summed E-state index contributed by atoms with van der Waals surface area (Å²) in [4.78, 5) is 113. The van der Waals surface area contributed by atoms with Gasteiger partial charge in [0, 0.05) is 40.8 Å². The highest BCUT2D eigenvalue weighted by atomic mass is 16.7. The lowest BCUT2D eigenvalue weighted by molar-refractivity contribution is -0.385. The van der Waals surface area contributed by atoms with Crippen molar-refractivity contribution in [2.75, 3.05) is 13.2 Å². The maximum atomic E-state index is 14.4. The van der Waals surface area contributed by atoms with Gasteiger partial charge in [0.05, 0.1) is 28.7 Å². The first-order valence-electron chi connectivity index (χ1n) is 19.9. The van der Waals surface area contributed by atoms with Crippen LogP contribution in [0.3, 0.4) is 0 Å². The lowest BCUT2D eigenvalue weighted by Crippen LogP contribution is -2.89. The lowest BCUT2D eigenvalue weighted by Gasteiger charge is -2.67. The van der Waals surface area contributed by atoms with E-state index in [1.54, 1.807) is 6.07 Å². The monoisotopic (exact) mass is 867 g/mol. The van der Waals surface area contributed by atoms with E-state index in [2.05, 4.69) is 4.98 Å². The molecule has 3 fully saturated rings.